The number of rotatable bonds is 4. The van der Waals surface area contributed by atoms with Crippen molar-refractivity contribution in [2.45, 2.75) is 45.6 Å². The molecule has 10 heteroatoms. The predicted octanol–water partition coefficient (Wildman–Crippen LogP) is 1.81. The molecule has 3 amide bonds. The van der Waals surface area contributed by atoms with E-state index in [0.717, 1.165) is 23.9 Å². The standard InChI is InChI=1S/C25H29N7O3/c1-15(2)27-23(33)25(35)31-12-10-30(11-13-31)24(34)18-14-19(17-7-8-17)28-22-21(18)16(3)29-32(22)20-6-4-5-9-26-20/h4-6,9,14-15,17H,7-8,10-13H2,1-3H3,(H,27,33). The lowest BCUT2D eigenvalue weighted by Crippen LogP contribution is -2.54. The number of carbonyl (C=O) groups excluding carboxylic acids is 3. The maximum absolute atomic E-state index is 13.7. The number of amides is 3. The lowest BCUT2D eigenvalue weighted by molar-refractivity contribution is -0.147. The Morgan fingerprint density at radius 1 is 1.06 bits per heavy atom. The number of hydrogen-bond acceptors (Lipinski definition) is 6. The fourth-order valence-electron chi connectivity index (χ4n) is 4.45. The van der Waals surface area contributed by atoms with Crippen LogP contribution in [-0.2, 0) is 9.59 Å². The molecule has 1 saturated heterocycles. The highest BCUT2D eigenvalue weighted by molar-refractivity contribution is 6.35. The van der Waals surface area contributed by atoms with E-state index < -0.39 is 11.8 Å². The lowest BCUT2D eigenvalue weighted by Gasteiger charge is -2.34. The average molecular weight is 476 g/mol. The van der Waals surface area contributed by atoms with Gasteiger partial charge < -0.3 is 15.1 Å². The van der Waals surface area contributed by atoms with Crippen LogP contribution in [0, 0.1) is 6.92 Å². The molecule has 1 N–H and O–H groups in total. The highest BCUT2D eigenvalue weighted by Crippen LogP contribution is 2.41. The Labute approximate surface area is 203 Å². The van der Waals surface area contributed by atoms with Crippen LogP contribution in [0.3, 0.4) is 0 Å². The van der Waals surface area contributed by atoms with Crippen LogP contribution in [0.25, 0.3) is 16.9 Å². The van der Waals surface area contributed by atoms with Crippen molar-refractivity contribution in [3.8, 4) is 5.82 Å². The number of aryl methyl sites for hydroxylation is 1. The van der Waals surface area contributed by atoms with E-state index in [1.165, 1.54) is 4.90 Å². The van der Waals surface area contributed by atoms with Crippen LogP contribution < -0.4 is 5.32 Å². The summed E-state index contributed by atoms with van der Waals surface area (Å²) in [5.74, 6) is -0.270. The Kier molecular flexibility index (Phi) is 5.96. The van der Waals surface area contributed by atoms with E-state index in [1.807, 2.05) is 45.0 Å². The van der Waals surface area contributed by atoms with Crippen LogP contribution in [0.5, 0.6) is 0 Å². The second-order valence-corrected chi connectivity index (χ2v) is 9.47. The molecule has 0 radical (unpaired) electrons. The first-order valence-corrected chi connectivity index (χ1v) is 12.0. The molecular formula is C25H29N7O3. The molecule has 0 atom stereocenters. The first-order chi connectivity index (χ1) is 16.8. The van der Waals surface area contributed by atoms with E-state index >= 15 is 0 Å². The number of piperazine rings is 1. The van der Waals surface area contributed by atoms with Gasteiger partial charge in [-0.2, -0.15) is 9.78 Å². The van der Waals surface area contributed by atoms with Crippen LogP contribution in [-0.4, -0.2) is 79.5 Å². The number of aromatic nitrogens is 4. The molecule has 0 spiro atoms. The maximum Gasteiger partial charge on any atom is 0.312 e. The highest BCUT2D eigenvalue weighted by atomic mass is 16.2. The molecule has 1 saturated carbocycles. The number of nitrogens with one attached hydrogen (secondary N) is 1. The van der Waals surface area contributed by atoms with Crippen molar-refractivity contribution in [1.29, 1.82) is 0 Å². The van der Waals surface area contributed by atoms with Crippen LogP contribution in [0.4, 0.5) is 0 Å². The Bertz CT molecular complexity index is 1290. The molecule has 4 heterocycles. The average Bonchev–Trinajstić information content (AvgIpc) is 3.66. The third kappa shape index (κ3) is 4.48. The summed E-state index contributed by atoms with van der Waals surface area (Å²) in [6.07, 6.45) is 3.82. The highest BCUT2D eigenvalue weighted by Gasteiger charge is 2.32. The molecule has 1 aliphatic heterocycles. The maximum atomic E-state index is 13.7. The quantitative estimate of drug-likeness (QED) is 0.576. The molecule has 35 heavy (non-hydrogen) atoms. The second-order valence-electron chi connectivity index (χ2n) is 9.47. The zero-order chi connectivity index (χ0) is 24.7. The SMILES string of the molecule is Cc1nn(-c2ccccn2)c2nc(C3CC3)cc(C(=O)N3CCN(C(=O)C(=O)NC(C)C)CC3)c12. The Hall–Kier alpha value is -3.82. The zero-order valence-electron chi connectivity index (χ0n) is 20.2. The van der Waals surface area contributed by atoms with Gasteiger partial charge in [-0.05, 0) is 51.8 Å². The van der Waals surface area contributed by atoms with Crippen LogP contribution in [0.2, 0.25) is 0 Å². The summed E-state index contributed by atoms with van der Waals surface area (Å²) >= 11 is 0. The van der Waals surface area contributed by atoms with Crippen molar-refractivity contribution in [2.75, 3.05) is 26.2 Å². The van der Waals surface area contributed by atoms with Gasteiger partial charge in [-0.1, -0.05) is 6.07 Å². The lowest BCUT2D eigenvalue weighted by atomic mass is 10.1. The molecule has 0 bridgehead atoms. The zero-order valence-corrected chi connectivity index (χ0v) is 20.2. The van der Waals surface area contributed by atoms with Gasteiger partial charge in [-0.3, -0.25) is 14.4 Å². The molecular weight excluding hydrogens is 446 g/mol. The van der Waals surface area contributed by atoms with Gasteiger partial charge >= 0.3 is 11.8 Å². The summed E-state index contributed by atoms with van der Waals surface area (Å²) in [6.45, 7) is 6.83. The van der Waals surface area contributed by atoms with E-state index in [-0.39, 0.29) is 11.9 Å². The van der Waals surface area contributed by atoms with Gasteiger partial charge in [0, 0.05) is 50.0 Å². The van der Waals surface area contributed by atoms with Crippen molar-refractivity contribution in [3.05, 3.63) is 47.4 Å². The molecule has 1 aliphatic carbocycles. The number of pyridine rings is 2. The van der Waals surface area contributed by atoms with Gasteiger partial charge in [0.2, 0.25) is 0 Å². The summed E-state index contributed by atoms with van der Waals surface area (Å²) in [5.41, 5.74) is 2.82. The summed E-state index contributed by atoms with van der Waals surface area (Å²) in [6, 6.07) is 7.40. The number of hydrogen-bond donors (Lipinski definition) is 1. The first kappa shape index (κ1) is 22.9. The minimum atomic E-state index is -0.609. The fraction of sp³-hybridized carbons (Fsp3) is 0.440. The van der Waals surface area contributed by atoms with Crippen molar-refractivity contribution in [1.82, 2.24) is 34.9 Å². The molecule has 5 rings (SSSR count). The Balaban J connectivity index is 1.43. The van der Waals surface area contributed by atoms with Crippen molar-refractivity contribution in [2.24, 2.45) is 0 Å². The van der Waals surface area contributed by atoms with E-state index in [9.17, 15) is 14.4 Å². The fourth-order valence-corrected chi connectivity index (χ4v) is 4.45. The molecule has 0 unspecified atom stereocenters. The topological polar surface area (TPSA) is 113 Å². The Morgan fingerprint density at radius 3 is 2.40 bits per heavy atom. The third-order valence-electron chi connectivity index (χ3n) is 6.39. The van der Waals surface area contributed by atoms with Gasteiger partial charge in [0.25, 0.3) is 5.91 Å². The van der Waals surface area contributed by atoms with Crippen molar-refractivity contribution in [3.63, 3.8) is 0 Å². The van der Waals surface area contributed by atoms with E-state index in [2.05, 4.69) is 15.4 Å². The molecule has 2 aliphatic rings. The monoisotopic (exact) mass is 475 g/mol. The summed E-state index contributed by atoms with van der Waals surface area (Å²) in [5, 5.41) is 8.03. The van der Waals surface area contributed by atoms with Crippen molar-refractivity contribution < 1.29 is 14.4 Å². The van der Waals surface area contributed by atoms with Gasteiger partial charge in [0.1, 0.15) is 0 Å². The van der Waals surface area contributed by atoms with Crippen LogP contribution >= 0.6 is 0 Å². The third-order valence-corrected chi connectivity index (χ3v) is 6.39. The molecule has 0 aromatic carbocycles. The van der Waals surface area contributed by atoms with E-state index in [1.54, 1.807) is 15.8 Å². The molecule has 3 aromatic heterocycles. The van der Waals surface area contributed by atoms with Crippen molar-refractivity contribution >= 4 is 28.8 Å². The molecule has 10 nitrogen and oxygen atoms in total. The number of carbonyl (C=O) groups is 3. The second kappa shape index (κ2) is 9.09. The predicted molar refractivity (Wildman–Crippen MR) is 129 cm³/mol. The van der Waals surface area contributed by atoms with E-state index in [0.29, 0.717) is 54.8 Å². The normalized spacial score (nSPS) is 16.1. The largest absolute Gasteiger partial charge is 0.346 e. The van der Waals surface area contributed by atoms with Gasteiger partial charge in [-0.25, -0.2) is 9.97 Å². The molecule has 2 fully saturated rings. The minimum Gasteiger partial charge on any atom is -0.346 e. The summed E-state index contributed by atoms with van der Waals surface area (Å²) in [7, 11) is 0. The summed E-state index contributed by atoms with van der Waals surface area (Å²) < 4.78 is 1.71. The smallest absolute Gasteiger partial charge is 0.312 e. The first-order valence-electron chi connectivity index (χ1n) is 12.0. The number of fused-ring (bicyclic) bond motifs is 1. The molecule has 3 aromatic rings. The van der Waals surface area contributed by atoms with Gasteiger partial charge in [0.05, 0.1) is 16.6 Å². The summed E-state index contributed by atoms with van der Waals surface area (Å²) in [4.78, 5) is 50.8. The van der Waals surface area contributed by atoms with Gasteiger partial charge in [0.15, 0.2) is 11.5 Å². The Morgan fingerprint density at radius 2 is 1.77 bits per heavy atom. The van der Waals surface area contributed by atoms with Crippen LogP contribution in [0.15, 0.2) is 30.5 Å². The number of nitrogens with zero attached hydrogens (tertiary/aromatic N) is 6. The van der Waals surface area contributed by atoms with E-state index in [4.69, 9.17) is 4.98 Å². The minimum absolute atomic E-state index is 0.110. The van der Waals surface area contributed by atoms with Gasteiger partial charge in [-0.15, -0.1) is 0 Å². The molecule has 182 valence electrons. The van der Waals surface area contributed by atoms with Crippen LogP contribution in [0.1, 0.15) is 54.4 Å².